The Morgan fingerprint density at radius 1 is 0.861 bits per heavy atom. The third-order valence-corrected chi connectivity index (χ3v) is 5.93. The summed E-state index contributed by atoms with van der Waals surface area (Å²) in [5.74, 6) is 0.0175. The second-order valence-electron chi connectivity index (χ2n) is 7.87. The summed E-state index contributed by atoms with van der Waals surface area (Å²) in [5, 5.41) is 71.5. The van der Waals surface area contributed by atoms with Crippen molar-refractivity contribution in [1.29, 1.82) is 0 Å². The molecule has 0 aliphatic carbocycles. The van der Waals surface area contributed by atoms with Crippen molar-refractivity contribution in [3.05, 3.63) is 34.4 Å². The first-order chi connectivity index (χ1) is 16.9. The fraction of sp³-hybridized carbons (Fsp3) is 0.667. The van der Waals surface area contributed by atoms with E-state index in [2.05, 4.69) is 4.18 Å². The quantitative estimate of drug-likeness (QED) is 0.0901. The summed E-state index contributed by atoms with van der Waals surface area (Å²) in [7, 11) is -5.18. The van der Waals surface area contributed by atoms with Crippen molar-refractivity contribution in [2.45, 2.75) is 61.4 Å². The van der Waals surface area contributed by atoms with Crippen LogP contribution >= 0.6 is 0 Å². The summed E-state index contributed by atoms with van der Waals surface area (Å²) in [6, 6.07) is 4.66. The number of hydrogen-bond donors (Lipinski definition) is 7. The molecule has 2 heterocycles. The maximum absolute atomic E-state index is 11.1. The Hall–Kier alpha value is -2.07. The minimum atomic E-state index is -5.18. The smallest absolute Gasteiger partial charge is 0.397 e. The third kappa shape index (κ3) is 6.43. The number of non-ortho nitro benzene ring substituents is 1. The Labute approximate surface area is 203 Å². The van der Waals surface area contributed by atoms with E-state index < -0.39 is 89.9 Å². The number of nitrogens with zero attached hydrogens (tertiary/aromatic N) is 1. The van der Waals surface area contributed by atoms with Gasteiger partial charge in [0.15, 0.2) is 6.29 Å². The SMILES string of the molecule is O=[N+]([O-])c1ccc(O[C@@H]2O[C@H](CO)[C@@H](O[C@@H]3O[C@H](CO)[C@H](O)[C@H](OS(=O)(=O)O)[C@H]3O)[C@H](O)[C@H]2O)cc1. The number of nitro benzene ring substituents is 1. The monoisotopic (exact) mass is 543 g/mol. The van der Waals surface area contributed by atoms with Crippen LogP contribution in [-0.2, 0) is 28.8 Å². The van der Waals surface area contributed by atoms with Crippen LogP contribution in [-0.4, -0.2) is 123 Å². The lowest BCUT2D eigenvalue weighted by Gasteiger charge is -2.46. The molecule has 0 aromatic heterocycles. The Morgan fingerprint density at radius 2 is 1.44 bits per heavy atom. The zero-order valence-corrected chi connectivity index (χ0v) is 19.0. The van der Waals surface area contributed by atoms with E-state index in [1.807, 2.05) is 0 Å². The van der Waals surface area contributed by atoms with Crippen molar-refractivity contribution < 1.29 is 71.7 Å². The van der Waals surface area contributed by atoms with E-state index in [0.717, 1.165) is 12.1 Å². The van der Waals surface area contributed by atoms with Crippen molar-refractivity contribution in [2.24, 2.45) is 0 Å². The van der Waals surface area contributed by atoms with Gasteiger partial charge in [-0.25, -0.2) is 4.18 Å². The topological polar surface area (TPSA) is 265 Å². The highest BCUT2D eigenvalue weighted by Crippen LogP contribution is 2.31. The van der Waals surface area contributed by atoms with Crippen LogP contribution in [0.25, 0.3) is 0 Å². The van der Waals surface area contributed by atoms with Gasteiger partial charge >= 0.3 is 10.4 Å². The van der Waals surface area contributed by atoms with Crippen molar-refractivity contribution in [1.82, 2.24) is 0 Å². The van der Waals surface area contributed by atoms with E-state index in [1.165, 1.54) is 12.1 Å². The molecule has 0 spiro atoms. The molecule has 0 bridgehead atoms. The van der Waals surface area contributed by atoms with Gasteiger partial charge in [-0.3, -0.25) is 14.7 Å². The highest BCUT2D eigenvalue weighted by atomic mass is 32.3. The second-order valence-corrected chi connectivity index (χ2v) is 8.92. The van der Waals surface area contributed by atoms with Crippen molar-refractivity contribution >= 4 is 16.1 Å². The molecule has 2 aliphatic rings. The van der Waals surface area contributed by atoms with Crippen LogP contribution in [0, 0.1) is 10.1 Å². The molecule has 0 saturated carbocycles. The normalized spacial score (nSPS) is 37.4. The maximum atomic E-state index is 11.1. The minimum Gasteiger partial charge on any atom is -0.462 e. The molecule has 0 radical (unpaired) electrons. The molecule has 0 amide bonds. The average molecular weight is 543 g/mol. The molecule has 2 fully saturated rings. The van der Waals surface area contributed by atoms with E-state index in [4.69, 9.17) is 23.5 Å². The van der Waals surface area contributed by atoms with Gasteiger partial charge < -0.3 is 49.6 Å². The summed E-state index contributed by atoms with van der Waals surface area (Å²) in [6.45, 7) is -1.73. The third-order valence-electron chi connectivity index (χ3n) is 5.47. The zero-order valence-electron chi connectivity index (χ0n) is 18.2. The molecule has 3 rings (SSSR count). The van der Waals surface area contributed by atoms with E-state index in [9.17, 15) is 49.2 Å². The summed E-state index contributed by atoms with van der Waals surface area (Å²) in [4.78, 5) is 10.1. The van der Waals surface area contributed by atoms with Gasteiger partial charge in [-0.15, -0.1) is 0 Å². The van der Waals surface area contributed by atoms with Crippen molar-refractivity contribution in [3.8, 4) is 5.75 Å². The highest BCUT2D eigenvalue weighted by Gasteiger charge is 2.52. The molecular formula is C18H25NO16S. The lowest BCUT2D eigenvalue weighted by Crippen LogP contribution is -2.65. The molecule has 17 nitrogen and oxygen atoms in total. The molecule has 1 aromatic rings. The second kappa shape index (κ2) is 11.5. The molecule has 7 N–H and O–H groups in total. The predicted molar refractivity (Wildman–Crippen MR) is 111 cm³/mol. The Morgan fingerprint density at radius 3 is 1.97 bits per heavy atom. The summed E-state index contributed by atoms with van der Waals surface area (Å²) >= 11 is 0. The van der Waals surface area contributed by atoms with E-state index in [1.54, 1.807) is 0 Å². The molecule has 18 heteroatoms. The molecule has 2 aliphatic heterocycles. The molecular weight excluding hydrogens is 518 g/mol. The average Bonchev–Trinajstić information content (AvgIpc) is 2.82. The van der Waals surface area contributed by atoms with E-state index in [-0.39, 0.29) is 11.4 Å². The first kappa shape index (κ1) is 28.5. The Balaban J connectivity index is 1.75. The lowest BCUT2D eigenvalue weighted by molar-refractivity contribution is -0.384. The summed E-state index contributed by atoms with van der Waals surface area (Å²) < 4.78 is 56.9. The maximum Gasteiger partial charge on any atom is 0.397 e. The zero-order chi connectivity index (χ0) is 26.8. The fourth-order valence-corrected chi connectivity index (χ4v) is 4.18. The number of ether oxygens (including phenoxy) is 4. The van der Waals surface area contributed by atoms with Gasteiger partial charge in [0.2, 0.25) is 6.29 Å². The van der Waals surface area contributed by atoms with Crippen LogP contribution in [0.3, 0.4) is 0 Å². The van der Waals surface area contributed by atoms with Gasteiger partial charge in [-0.1, -0.05) is 0 Å². The predicted octanol–water partition coefficient (Wildman–Crippen LogP) is -3.58. The van der Waals surface area contributed by atoms with Crippen LogP contribution in [0.1, 0.15) is 0 Å². The van der Waals surface area contributed by atoms with E-state index >= 15 is 0 Å². The van der Waals surface area contributed by atoms with E-state index in [0.29, 0.717) is 0 Å². The van der Waals surface area contributed by atoms with Crippen LogP contribution in [0.4, 0.5) is 5.69 Å². The number of rotatable bonds is 9. The van der Waals surface area contributed by atoms with Gasteiger partial charge in [0.25, 0.3) is 5.69 Å². The van der Waals surface area contributed by atoms with Gasteiger partial charge in [0, 0.05) is 12.1 Å². The van der Waals surface area contributed by atoms with Crippen LogP contribution in [0.5, 0.6) is 5.75 Å². The minimum absolute atomic E-state index is 0.0175. The molecule has 1 aromatic carbocycles. The first-order valence-corrected chi connectivity index (χ1v) is 11.7. The highest BCUT2D eigenvalue weighted by molar-refractivity contribution is 7.80. The number of nitro groups is 1. The molecule has 2 saturated heterocycles. The number of benzene rings is 1. The van der Waals surface area contributed by atoms with Gasteiger partial charge in [-0.2, -0.15) is 8.42 Å². The van der Waals surface area contributed by atoms with Crippen molar-refractivity contribution in [2.75, 3.05) is 13.2 Å². The number of aliphatic hydroxyl groups excluding tert-OH is 6. The molecule has 204 valence electrons. The van der Waals surface area contributed by atoms with Crippen LogP contribution in [0.15, 0.2) is 24.3 Å². The summed E-state index contributed by atoms with van der Waals surface area (Å²) in [5.41, 5.74) is -0.234. The van der Waals surface area contributed by atoms with Gasteiger partial charge in [-0.05, 0) is 12.1 Å². The van der Waals surface area contributed by atoms with Crippen LogP contribution < -0.4 is 4.74 Å². The summed E-state index contributed by atoms with van der Waals surface area (Å²) in [6.07, 6.45) is -17.9. The fourth-order valence-electron chi connectivity index (χ4n) is 3.67. The first-order valence-electron chi connectivity index (χ1n) is 10.3. The molecule has 0 unspecified atom stereocenters. The Kier molecular flexibility index (Phi) is 9.14. The standard InChI is InChI=1S/C18H25NO16S/c20-5-9-11(22)16(35-36(28,29)30)14(25)18(32-9)34-15-10(6-21)33-17(13(24)12(15)23)31-8-3-1-7(2-4-8)19(26)27/h1-4,9-18,20-25H,5-6H2,(H,28,29,30)/t9-,10-,11+,12-,13-,14-,15-,16+,17-,18+/m1/s1. The largest absolute Gasteiger partial charge is 0.462 e. The van der Waals surface area contributed by atoms with Crippen molar-refractivity contribution in [3.63, 3.8) is 0 Å². The lowest BCUT2D eigenvalue weighted by atomic mass is 9.97. The number of hydrogen-bond acceptors (Lipinski definition) is 15. The molecule has 36 heavy (non-hydrogen) atoms. The van der Waals surface area contributed by atoms with Gasteiger partial charge in [0.1, 0.15) is 54.6 Å². The van der Waals surface area contributed by atoms with Crippen LogP contribution in [0.2, 0.25) is 0 Å². The Bertz CT molecular complexity index is 989. The molecule has 10 atom stereocenters. The number of aliphatic hydroxyl groups is 6. The van der Waals surface area contributed by atoms with Gasteiger partial charge in [0.05, 0.1) is 18.1 Å².